The van der Waals surface area contributed by atoms with Gasteiger partial charge in [0.15, 0.2) is 0 Å². The normalized spacial score (nSPS) is 11.4. The average Bonchev–Trinajstić information content (AvgIpc) is 0.749. The number of hydrogen-bond donors (Lipinski definition) is 0. The lowest BCUT2D eigenvalue weighted by Crippen LogP contribution is -1.95. The third-order valence-electron chi connectivity index (χ3n) is 29.3. The molecule has 0 atom stereocenters. The minimum atomic E-state index is 0.926. The van der Waals surface area contributed by atoms with E-state index in [1.54, 1.807) is 0 Å². The summed E-state index contributed by atoms with van der Waals surface area (Å²) >= 11 is 0. The van der Waals surface area contributed by atoms with Crippen LogP contribution in [0.4, 0.5) is 0 Å². The summed E-state index contributed by atoms with van der Waals surface area (Å²) in [4.78, 5) is 40.3. The van der Waals surface area contributed by atoms with Gasteiger partial charge < -0.3 is 0 Å². The molecule has 0 bridgehead atoms. The summed E-state index contributed by atoms with van der Waals surface area (Å²) < 4.78 is 0. The van der Waals surface area contributed by atoms with E-state index in [1.807, 2.05) is 24.5 Å². The van der Waals surface area contributed by atoms with Crippen molar-refractivity contribution in [3.8, 4) is 134 Å². The fourth-order valence-electron chi connectivity index (χ4n) is 22.1. The Balaban J connectivity index is 0.000000104. The highest BCUT2D eigenvalue weighted by molar-refractivity contribution is 6.18. The first-order valence-corrected chi connectivity index (χ1v) is 51.2. The third kappa shape index (κ3) is 17.7. The van der Waals surface area contributed by atoms with Crippen LogP contribution in [0.2, 0.25) is 0 Å². The molecule has 0 aliphatic heterocycles. The van der Waals surface area contributed by atoms with E-state index in [2.05, 4.69) is 515 Å². The highest BCUT2D eigenvalue weighted by Crippen LogP contribution is 2.46. The average molecular weight is 1920 g/mol. The molecule has 0 unspecified atom stereocenters. The van der Waals surface area contributed by atoms with Crippen molar-refractivity contribution in [1.82, 2.24) is 39.9 Å². The third-order valence-corrected chi connectivity index (χ3v) is 29.3. The Morgan fingerprint density at radius 2 is 0.360 bits per heavy atom. The van der Waals surface area contributed by atoms with Crippen LogP contribution in [0.3, 0.4) is 0 Å². The summed E-state index contributed by atoms with van der Waals surface area (Å²) in [7, 11) is 0. The molecule has 8 aromatic heterocycles. The molecule has 8 heteroatoms. The van der Waals surface area contributed by atoms with E-state index in [1.165, 1.54) is 154 Å². The van der Waals surface area contributed by atoms with Gasteiger partial charge in [0.2, 0.25) is 0 Å². The van der Waals surface area contributed by atoms with Gasteiger partial charge in [-0.15, -0.1) is 0 Å². The van der Waals surface area contributed by atoms with Crippen LogP contribution < -0.4 is 0 Å². The molecule has 0 N–H and O–H groups in total. The molecule has 8 heterocycles. The first-order valence-electron chi connectivity index (χ1n) is 51.2. The van der Waals surface area contributed by atoms with Crippen molar-refractivity contribution >= 4 is 130 Å². The Morgan fingerprint density at radius 3 is 0.700 bits per heavy atom. The van der Waals surface area contributed by atoms with E-state index in [0.29, 0.717) is 0 Å². The van der Waals surface area contributed by atoms with Gasteiger partial charge in [0, 0.05) is 89.4 Å². The number of aryl methyl sites for hydroxylation is 6. The lowest BCUT2D eigenvalue weighted by molar-refractivity contribution is 1.23. The maximum atomic E-state index is 5.26. The zero-order valence-electron chi connectivity index (χ0n) is 83.9. The van der Waals surface area contributed by atoms with E-state index in [0.717, 1.165) is 144 Å². The second-order valence-corrected chi connectivity index (χ2v) is 38.9. The molecule has 0 aliphatic carbocycles. The molecule has 0 aliphatic rings. The molecular formula is C142H100N8. The van der Waals surface area contributed by atoms with Gasteiger partial charge in [-0.2, -0.15) is 0 Å². The van der Waals surface area contributed by atoms with Crippen molar-refractivity contribution in [3.05, 3.63) is 532 Å². The predicted molar refractivity (Wildman–Crippen MR) is 632 cm³/mol. The largest absolute Gasteiger partial charge is 0.254 e. The van der Waals surface area contributed by atoms with Crippen LogP contribution in [-0.4, -0.2) is 39.9 Å². The van der Waals surface area contributed by atoms with Crippen LogP contribution in [0.25, 0.3) is 264 Å². The quantitative estimate of drug-likeness (QED) is 0.111. The molecule has 0 spiro atoms. The smallest absolute Gasteiger partial charge is 0.0975 e. The maximum absolute atomic E-state index is 5.26. The molecule has 8 nitrogen and oxygen atoms in total. The second kappa shape index (κ2) is 39.7. The molecule has 708 valence electrons. The van der Waals surface area contributed by atoms with Crippen LogP contribution in [0, 0.1) is 41.5 Å². The summed E-state index contributed by atoms with van der Waals surface area (Å²) in [5, 5.41) is 18.9. The van der Waals surface area contributed by atoms with Crippen LogP contribution in [0.5, 0.6) is 0 Å². The lowest BCUT2D eigenvalue weighted by atomic mass is 9.92. The van der Waals surface area contributed by atoms with Crippen molar-refractivity contribution in [1.29, 1.82) is 0 Å². The van der Waals surface area contributed by atoms with E-state index >= 15 is 0 Å². The van der Waals surface area contributed by atoms with Gasteiger partial charge in [0.05, 0.1) is 55.5 Å². The van der Waals surface area contributed by atoms with Gasteiger partial charge in [-0.25, -0.2) is 9.97 Å². The van der Waals surface area contributed by atoms with Crippen molar-refractivity contribution < 1.29 is 0 Å². The van der Waals surface area contributed by atoms with Gasteiger partial charge in [-0.3, -0.25) is 29.9 Å². The highest BCUT2D eigenvalue weighted by Gasteiger charge is 2.23. The zero-order valence-corrected chi connectivity index (χ0v) is 83.9. The first kappa shape index (κ1) is 91.9. The Bertz CT molecular complexity index is 9540. The number of rotatable bonds is 12. The monoisotopic (exact) mass is 1920 g/mol. The fourth-order valence-corrected chi connectivity index (χ4v) is 22.1. The molecule has 0 radical (unpaired) electrons. The van der Waals surface area contributed by atoms with Crippen molar-refractivity contribution in [2.45, 2.75) is 41.5 Å². The first-order chi connectivity index (χ1) is 73.8. The Hall–Kier alpha value is -19.3. The van der Waals surface area contributed by atoms with Crippen molar-refractivity contribution in [2.75, 3.05) is 0 Å². The van der Waals surface area contributed by atoms with Crippen LogP contribution in [-0.2, 0) is 0 Å². The minimum absolute atomic E-state index is 0.926. The van der Waals surface area contributed by atoms with E-state index in [-0.39, 0.29) is 0 Å². The van der Waals surface area contributed by atoms with Crippen LogP contribution in [0.1, 0.15) is 33.9 Å². The molecule has 0 saturated heterocycles. The number of benzene rings is 20. The van der Waals surface area contributed by atoms with Gasteiger partial charge in [-0.1, -0.05) is 425 Å². The number of pyridine rings is 8. The SMILES string of the molecule is Cc1cc(-c2cccc(-c3ccccc3)c2)c2ccc3c(-c4cccc(-c5ccccc5)c4)cc(C)nc3c2n1.Cc1cc(-c2cccc3ccccc23)c2ccc3c(-c4cccc5ccccc45)cc(C)nc3c2n1.Cc1cc(-c2cccc3ccccc23)nc2c1ccc1c(C)cc(-c3cccc4ccccc34)nc12.c1ccc(-c2ccc(-c3ccnc4c3ccc3c(-c5ccc(-c6ccccc6)cc5)ccnc34)cc2)cc1. The summed E-state index contributed by atoms with van der Waals surface area (Å²) in [6.45, 7) is 12.6. The molecule has 28 rings (SSSR count). The lowest BCUT2D eigenvalue weighted by Gasteiger charge is -2.15. The molecule has 0 fully saturated rings. The molecular weight excluding hydrogens is 1820 g/mol. The number of fused-ring (bicyclic) bond motifs is 16. The Morgan fingerprint density at radius 1 is 0.127 bits per heavy atom. The Kier molecular flexibility index (Phi) is 24.3. The molecule has 28 aromatic rings. The molecule has 0 saturated carbocycles. The summed E-state index contributed by atoms with van der Waals surface area (Å²) in [5.74, 6) is 0. The van der Waals surface area contributed by atoms with Crippen LogP contribution in [0.15, 0.2) is 498 Å². The second-order valence-electron chi connectivity index (χ2n) is 38.9. The number of aromatic nitrogens is 8. The maximum Gasteiger partial charge on any atom is 0.0975 e. The minimum Gasteiger partial charge on any atom is -0.254 e. The molecule has 150 heavy (non-hydrogen) atoms. The summed E-state index contributed by atoms with van der Waals surface area (Å²) in [6.07, 6.45) is 3.79. The fraction of sp³-hybridized carbons (Fsp3) is 0.0423. The van der Waals surface area contributed by atoms with Gasteiger partial charge in [0.1, 0.15) is 0 Å². The van der Waals surface area contributed by atoms with Gasteiger partial charge in [0.25, 0.3) is 0 Å². The van der Waals surface area contributed by atoms with E-state index < -0.39 is 0 Å². The zero-order chi connectivity index (χ0) is 101. The van der Waals surface area contributed by atoms with Gasteiger partial charge in [-0.05, 0) is 268 Å². The molecule has 0 amide bonds. The Labute approximate surface area is 870 Å². The highest BCUT2D eigenvalue weighted by atomic mass is 14.8. The van der Waals surface area contributed by atoms with E-state index in [4.69, 9.17) is 39.9 Å². The topological polar surface area (TPSA) is 103 Å². The molecule has 20 aromatic carbocycles. The van der Waals surface area contributed by atoms with Crippen molar-refractivity contribution in [2.24, 2.45) is 0 Å². The van der Waals surface area contributed by atoms with Gasteiger partial charge >= 0.3 is 0 Å². The van der Waals surface area contributed by atoms with Crippen molar-refractivity contribution in [3.63, 3.8) is 0 Å². The van der Waals surface area contributed by atoms with E-state index in [9.17, 15) is 0 Å². The predicted octanol–water partition coefficient (Wildman–Crippen LogP) is 37.6. The van der Waals surface area contributed by atoms with Crippen LogP contribution >= 0.6 is 0 Å². The number of hydrogen-bond acceptors (Lipinski definition) is 8. The summed E-state index contributed by atoms with van der Waals surface area (Å²) in [6, 6.07) is 172. The standard InChI is InChI=1S/C38H28N2.C36H24N2.2C34H24N2/c1-25-21-35(31-17-9-15-29(23-31)27-11-5-3-6-12-27)33-19-20-34-36(22-26(2)40-38(34)37(33)39-25)32-18-10-16-30(24-32)28-13-7-4-8-14-28;1-3-7-25(8-4-1)27-11-15-29(16-12-27)31-21-23-37-35-33(31)19-20-34-32(22-24-38-36(34)35)30-17-13-28(14-18-30)26-9-5-2-6-10-26;1-21-19-31(29-15-7-11-23-9-3-5-13-27(23)29)35-33-25(21)17-18-26-22(2)20-32(36-34(26)33)30-16-8-12-24-10-4-6-14-28(24)30;1-21-19-31(27-15-7-11-23-9-3-5-13-25(23)27)29-17-18-30-32(20-22(2)36-34(30)33(29)35-21)28-16-8-12-24-10-4-6-14-26(24)28/h3-24H,1-2H3;1-24H;2*3-20H,1-2H3. The summed E-state index contributed by atoms with van der Waals surface area (Å²) in [5.41, 5.74) is 42.2. The number of nitrogens with zero attached hydrogens (tertiary/aromatic N) is 8.